The number of ether oxygens (including phenoxy) is 2. The Morgan fingerprint density at radius 3 is 2.67 bits per heavy atom. The van der Waals surface area contributed by atoms with E-state index in [9.17, 15) is 4.79 Å². The quantitative estimate of drug-likeness (QED) is 0.799. The van der Waals surface area contributed by atoms with Crippen LogP contribution in [0.4, 0.5) is 0 Å². The van der Waals surface area contributed by atoms with E-state index in [0.29, 0.717) is 16.3 Å². The maximum Gasteiger partial charge on any atom is 0.341 e. The molecule has 1 heterocycles. The number of hydrogen-bond acceptors (Lipinski definition) is 4. The third kappa shape index (κ3) is 2.19. The lowest BCUT2D eigenvalue weighted by Gasteiger charge is -2.12. The van der Waals surface area contributed by atoms with E-state index < -0.39 is 5.97 Å². The van der Waals surface area contributed by atoms with Crippen LogP contribution in [0.5, 0.6) is 5.75 Å². The molecule has 0 bridgehead atoms. The molecule has 1 aromatic carbocycles. The van der Waals surface area contributed by atoms with E-state index in [4.69, 9.17) is 25.5 Å². The maximum absolute atomic E-state index is 11.7. The highest BCUT2D eigenvalue weighted by atomic mass is 35.5. The first kappa shape index (κ1) is 12.5. The van der Waals surface area contributed by atoms with Gasteiger partial charge in [-0.2, -0.15) is 0 Å². The van der Waals surface area contributed by atoms with Gasteiger partial charge in [-0.3, -0.25) is 0 Å². The number of carbonyl (C=O) groups is 1. The summed E-state index contributed by atoms with van der Waals surface area (Å²) < 4.78 is 15.0. The van der Waals surface area contributed by atoms with Crippen LogP contribution < -0.4 is 4.74 Å². The first-order valence-corrected chi connectivity index (χ1v) is 5.53. The van der Waals surface area contributed by atoms with Crippen LogP contribution in [0.2, 0.25) is 5.02 Å². The minimum Gasteiger partial charge on any atom is -0.495 e. The molecule has 0 N–H and O–H groups in total. The molecule has 0 amide bonds. The lowest BCUT2D eigenvalue weighted by atomic mass is 10.0. The molecule has 18 heavy (non-hydrogen) atoms. The fourth-order valence-electron chi connectivity index (χ4n) is 1.71. The molecule has 0 aliphatic heterocycles. The SMILES string of the molecule is COC(=O)c1cc(Cl)cc(-c2ccoc2)c1OC. The predicted molar refractivity (Wildman–Crippen MR) is 67.0 cm³/mol. The number of halogens is 1. The van der Waals surface area contributed by atoms with Gasteiger partial charge in [0.2, 0.25) is 0 Å². The highest BCUT2D eigenvalue weighted by Gasteiger charge is 2.19. The third-order valence-electron chi connectivity index (χ3n) is 2.50. The molecule has 94 valence electrons. The van der Waals surface area contributed by atoms with Gasteiger partial charge in [0.15, 0.2) is 0 Å². The Kier molecular flexibility index (Phi) is 3.58. The largest absolute Gasteiger partial charge is 0.495 e. The Morgan fingerprint density at radius 1 is 1.33 bits per heavy atom. The number of benzene rings is 1. The molecule has 4 nitrogen and oxygen atoms in total. The molecule has 0 saturated carbocycles. The first-order chi connectivity index (χ1) is 8.67. The van der Waals surface area contributed by atoms with Crippen molar-refractivity contribution in [2.24, 2.45) is 0 Å². The zero-order valence-corrected chi connectivity index (χ0v) is 10.7. The molecule has 5 heteroatoms. The van der Waals surface area contributed by atoms with E-state index in [0.717, 1.165) is 5.56 Å². The zero-order chi connectivity index (χ0) is 13.1. The molecule has 0 unspecified atom stereocenters. The number of esters is 1. The van der Waals surface area contributed by atoms with Crippen LogP contribution in [-0.4, -0.2) is 20.2 Å². The third-order valence-corrected chi connectivity index (χ3v) is 2.71. The van der Waals surface area contributed by atoms with Crippen molar-refractivity contribution in [3.05, 3.63) is 41.3 Å². The van der Waals surface area contributed by atoms with Gasteiger partial charge in [0.1, 0.15) is 11.3 Å². The highest BCUT2D eigenvalue weighted by Crippen LogP contribution is 2.36. The average molecular weight is 267 g/mol. The average Bonchev–Trinajstić information content (AvgIpc) is 2.90. The fourth-order valence-corrected chi connectivity index (χ4v) is 1.93. The summed E-state index contributed by atoms with van der Waals surface area (Å²) in [6, 6.07) is 4.97. The standard InChI is InChI=1S/C13H11ClO4/c1-16-12-10(8-3-4-18-7-8)5-9(14)6-11(12)13(15)17-2/h3-7H,1-2H3. The number of rotatable bonds is 3. The summed E-state index contributed by atoms with van der Waals surface area (Å²) in [6.07, 6.45) is 3.09. The van der Waals surface area contributed by atoms with Crippen molar-refractivity contribution in [1.82, 2.24) is 0 Å². The van der Waals surface area contributed by atoms with Gasteiger partial charge in [0.25, 0.3) is 0 Å². The van der Waals surface area contributed by atoms with Gasteiger partial charge in [-0.05, 0) is 18.2 Å². The minimum atomic E-state index is -0.501. The molecule has 0 aliphatic carbocycles. The van der Waals surface area contributed by atoms with Crippen LogP contribution in [0.1, 0.15) is 10.4 Å². The lowest BCUT2D eigenvalue weighted by Crippen LogP contribution is -2.05. The van der Waals surface area contributed by atoms with Crippen LogP contribution in [0.25, 0.3) is 11.1 Å². The van der Waals surface area contributed by atoms with Crippen molar-refractivity contribution in [2.75, 3.05) is 14.2 Å². The normalized spacial score (nSPS) is 10.2. The smallest absolute Gasteiger partial charge is 0.341 e. The van der Waals surface area contributed by atoms with E-state index in [1.165, 1.54) is 26.5 Å². The lowest BCUT2D eigenvalue weighted by molar-refractivity contribution is 0.0597. The Hall–Kier alpha value is -1.94. The van der Waals surface area contributed by atoms with E-state index in [-0.39, 0.29) is 5.56 Å². The summed E-state index contributed by atoms with van der Waals surface area (Å²) in [5.41, 5.74) is 1.74. The van der Waals surface area contributed by atoms with E-state index >= 15 is 0 Å². The first-order valence-electron chi connectivity index (χ1n) is 5.15. The highest BCUT2D eigenvalue weighted by molar-refractivity contribution is 6.31. The van der Waals surface area contributed by atoms with Gasteiger partial charge in [0, 0.05) is 16.1 Å². The molecule has 2 aromatic rings. The number of carbonyl (C=O) groups excluding carboxylic acids is 1. The number of furan rings is 1. The molecule has 0 atom stereocenters. The molecule has 0 aliphatic rings. The Morgan fingerprint density at radius 2 is 2.11 bits per heavy atom. The van der Waals surface area contributed by atoms with E-state index in [1.807, 2.05) is 0 Å². The summed E-state index contributed by atoms with van der Waals surface area (Å²) in [4.78, 5) is 11.7. The topological polar surface area (TPSA) is 48.7 Å². The van der Waals surface area contributed by atoms with Crippen molar-refractivity contribution in [2.45, 2.75) is 0 Å². The summed E-state index contributed by atoms with van der Waals surface area (Å²) >= 11 is 6.00. The molecule has 2 rings (SSSR count). The van der Waals surface area contributed by atoms with Gasteiger partial charge in [-0.25, -0.2) is 4.79 Å². The Labute approximate surface area is 109 Å². The van der Waals surface area contributed by atoms with Crippen molar-refractivity contribution < 1.29 is 18.7 Å². The summed E-state index contributed by atoms with van der Waals surface area (Å²) in [5, 5.41) is 0.424. The number of methoxy groups -OCH3 is 2. The van der Waals surface area contributed by atoms with Crippen LogP contribution in [0.3, 0.4) is 0 Å². The van der Waals surface area contributed by atoms with Gasteiger partial charge in [-0.1, -0.05) is 11.6 Å². The van der Waals surface area contributed by atoms with Crippen LogP contribution >= 0.6 is 11.6 Å². The molecule has 0 fully saturated rings. The molecule has 0 saturated heterocycles. The molecule has 0 radical (unpaired) electrons. The van der Waals surface area contributed by atoms with E-state index in [2.05, 4.69) is 0 Å². The Bertz CT molecular complexity index is 561. The molecule has 1 aromatic heterocycles. The van der Waals surface area contributed by atoms with Crippen molar-refractivity contribution in [3.8, 4) is 16.9 Å². The summed E-state index contributed by atoms with van der Waals surface area (Å²) in [6.45, 7) is 0. The Balaban J connectivity index is 2.66. The second-order valence-corrected chi connectivity index (χ2v) is 3.97. The number of hydrogen-bond donors (Lipinski definition) is 0. The van der Waals surface area contributed by atoms with Gasteiger partial charge in [0.05, 0.1) is 26.7 Å². The van der Waals surface area contributed by atoms with Gasteiger partial charge >= 0.3 is 5.97 Å². The maximum atomic E-state index is 11.7. The van der Waals surface area contributed by atoms with Crippen LogP contribution in [0, 0.1) is 0 Å². The molecular weight excluding hydrogens is 256 g/mol. The van der Waals surface area contributed by atoms with Crippen LogP contribution in [0.15, 0.2) is 35.1 Å². The predicted octanol–water partition coefficient (Wildman–Crippen LogP) is 3.40. The zero-order valence-electron chi connectivity index (χ0n) is 9.90. The van der Waals surface area contributed by atoms with Crippen molar-refractivity contribution >= 4 is 17.6 Å². The fraction of sp³-hybridized carbons (Fsp3) is 0.154. The molecule has 0 spiro atoms. The van der Waals surface area contributed by atoms with E-state index in [1.54, 1.807) is 18.4 Å². The van der Waals surface area contributed by atoms with Gasteiger partial charge in [-0.15, -0.1) is 0 Å². The molecular formula is C13H11ClO4. The summed E-state index contributed by atoms with van der Waals surface area (Å²) in [7, 11) is 2.79. The van der Waals surface area contributed by atoms with Crippen molar-refractivity contribution in [3.63, 3.8) is 0 Å². The second-order valence-electron chi connectivity index (χ2n) is 3.54. The van der Waals surface area contributed by atoms with Crippen molar-refractivity contribution in [1.29, 1.82) is 0 Å². The monoisotopic (exact) mass is 266 g/mol. The van der Waals surface area contributed by atoms with Crippen LogP contribution in [-0.2, 0) is 4.74 Å². The second kappa shape index (κ2) is 5.14. The summed E-state index contributed by atoms with van der Waals surface area (Å²) in [5.74, 6) is -0.0910. The van der Waals surface area contributed by atoms with Gasteiger partial charge < -0.3 is 13.9 Å². The minimum absolute atomic E-state index is 0.281.